The molecule has 3 heteroatoms. The number of ether oxygens (including phenoxy) is 1. The van der Waals surface area contributed by atoms with Gasteiger partial charge in [-0.2, -0.15) is 0 Å². The van der Waals surface area contributed by atoms with Crippen LogP contribution in [0.15, 0.2) is 168 Å². The third-order valence-electron chi connectivity index (χ3n) is 9.43. The highest BCUT2D eigenvalue weighted by atomic mass is 16.5. The van der Waals surface area contributed by atoms with Crippen LogP contribution in [0.2, 0.25) is 0 Å². The summed E-state index contributed by atoms with van der Waals surface area (Å²) in [5.74, 6) is 1.72. The molecule has 10 rings (SSSR count). The van der Waals surface area contributed by atoms with Crippen molar-refractivity contribution in [1.82, 2.24) is 0 Å². The lowest BCUT2D eigenvalue weighted by Crippen LogP contribution is -2.10. The highest BCUT2D eigenvalue weighted by Crippen LogP contribution is 2.50. The minimum atomic E-state index is 0.843. The highest BCUT2D eigenvalue weighted by molar-refractivity contribution is 6.10. The first kappa shape index (κ1) is 26.0. The lowest BCUT2D eigenvalue weighted by Gasteiger charge is -2.28. The Bertz CT molecular complexity index is 2670. The van der Waals surface area contributed by atoms with Crippen LogP contribution in [0, 0.1) is 0 Å². The topological polar surface area (TPSA) is 25.6 Å². The van der Waals surface area contributed by atoms with Gasteiger partial charge in [0.2, 0.25) is 0 Å². The molecule has 47 heavy (non-hydrogen) atoms. The van der Waals surface area contributed by atoms with Crippen molar-refractivity contribution >= 4 is 60.5 Å². The molecule has 1 aliphatic heterocycles. The molecule has 0 spiro atoms. The number of nitrogens with zero attached hydrogens (tertiary/aromatic N) is 1. The molecule has 9 aromatic rings. The first-order valence-electron chi connectivity index (χ1n) is 15.9. The van der Waals surface area contributed by atoms with Crippen molar-refractivity contribution in [3.8, 4) is 33.8 Å². The lowest BCUT2D eigenvalue weighted by molar-refractivity contribution is 0.487. The summed E-state index contributed by atoms with van der Waals surface area (Å²) in [6, 6.07) is 57.8. The van der Waals surface area contributed by atoms with Gasteiger partial charge < -0.3 is 14.1 Å². The molecule has 0 amide bonds. The van der Waals surface area contributed by atoms with Crippen LogP contribution in [0.3, 0.4) is 0 Å². The molecule has 8 aromatic carbocycles. The molecule has 0 saturated carbocycles. The van der Waals surface area contributed by atoms with E-state index < -0.39 is 0 Å². The predicted molar refractivity (Wildman–Crippen MR) is 194 cm³/mol. The molecule has 220 valence electrons. The van der Waals surface area contributed by atoms with Gasteiger partial charge in [0.25, 0.3) is 0 Å². The van der Waals surface area contributed by atoms with Crippen LogP contribution in [0.1, 0.15) is 0 Å². The largest absolute Gasteiger partial charge is 0.456 e. The summed E-state index contributed by atoms with van der Waals surface area (Å²) in [7, 11) is 0. The number of para-hydroxylation sites is 1. The Kier molecular flexibility index (Phi) is 5.57. The fraction of sp³-hybridized carbons (Fsp3) is 0. The average Bonchev–Trinajstić information content (AvgIpc) is 3.50. The van der Waals surface area contributed by atoms with E-state index in [9.17, 15) is 0 Å². The number of furan rings is 1. The average molecular weight is 602 g/mol. The Balaban J connectivity index is 1.16. The first-order chi connectivity index (χ1) is 23.3. The van der Waals surface area contributed by atoms with Crippen LogP contribution in [-0.2, 0) is 0 Å². The molecule has 0 bridgehead atoms. The Labute approximate surface area is 271 Å². The van der Waals surface area contributed by atoms with Gasteiger partial charge in [-0.15, -0.1) is 0 Å². The molecule has 0 atom stereocenters. The molecule has 0 aliphatic carbocycles. The zero-order valence-electron chi connectivity index (χ0n) is 25.4. The highest BCUT2D eigenvalue weighted by Gasteiger charge is 2.24. The molecule has 1 aliphatic rings. The summed E-state index contributed by atoms with van der Waals surface area (Å²) < 4.78 is 12.9. The zero-order chi connectivity index (χ0) is 30.9. The number of anilines is 3. The van der Waals surface area contributed by atoms with Crippen molar-refractivity contribution in [2.75, 3.05) is 4.90 Å². The number of hydrogen-bond donors (Lipinski definition) is 0. The standard InChI is InChI=1S/C44H27NO2/c1-2-10-29(11-3-1)34-22-24-42-44-37(34)14-8-15-38(44)36-21-19-33(27-43(36)47-42)45(31-18-17-28-9-4-5-12-30(28)25-31)32-20-23-41-39(26-32)35-13-6-7-16-40(35)46-41/h1-27H. The van der Waals surface area contributed by atoms with Crippen LogP contribution >= 0.6 is 0 Å². The fourth-order valence-electron chi connectivity index (χ4n) is 7.24. The maximum Gasteiger partial charge on any atom is 0.137 e. The van der Waals surface area contributed by atoms with Crippen molar-refractivity contribution in [1.29, 1.82) is 0 Å². The van der Waals surface area contributed by atoms with E-state index in [-0.39, 0.29) is 0 Å². The summed E-state index contributed by atoms with van der Waals surface area (Å²) in [6.45, 7) is 0. The second-order valence-electron chi connectivity index (χ2n) is 12.1. The quantitative estimate of drug-likeness (QED) is 0.201. The normalized spacial score (nSPS) is 12.0. The second-order valence-corrected chi connectivity index (χ2v) is 12.1. The van der Waals surface area contributed by atoms with Gasteiger partial charge in [-0.1, -0.05) is 103 Å². The van der Waals surface area contributed by atoms with E-state index in [2.05, 4.69) is 157 Å². The smallest absolute Gasteiger partial charge is 0.137 e. The first-order valence-corrected chi connectivity index (χ1v) is 15.9. The van der Waals surface area contributed by atoms with Crippen molar-refractivity contribution in [3.63, 3.8) is 0 Å². The van der Waals surface area contributed by atoms with E-state index in [0.717, 1.165) is 61.4 Å². The van der Waals surface area contributed by atoms with Gasteiger partial charge in [0.05, 0.1) is 0 Å². The van der Waals surface area contributed by atoms with E-state index >= 15 is 0 Å². The van der Waals surface area contributed by atoms with Gasteiger partial charge in [-0.25, -0.2) is 0 Å². The number of rotatable bonds is 4. The Morgan fingerprint density at radius 1 is 0.383 bits per heavy atom. The Hall–Kier alpha value is -6.32. The molecule has 0 unspecified atom stereocenters. The van der Waals surface area contributed by atoms with Crippen LogP contribution in [0.25, 0.3) is 65.7 Å². The monoisotopic (exact) mass is 601 g/mol. The van der Waals surface area contributed by atoms with Crippen LogP contribution in [0.5, 0.6) is 11.5 Å². The molecule has 0 fully saturated rings. The van der Waals surface area contributed by atoms with Gasteiger partial charge in [-0.3, -0.25) is 0 Å². The molecular weight excluding hydrogens is 574 g/mol. The summed E-state index contributed by atoms with van der Waals surface area (Å²) in [4.78, 5) is 2.31. The molecule has 3 nitrogen and oxygen atoms in total. The molecular formula is C44H27NO2. The molecule has 0 radical (unpaired) electrons. The van der Waals surface area contributed by atoms with Crippen molar-refractivity contribution in [3.05, 3.63) is 164 Å². The van der Waals surface area contributed by atoms with E-state index in [1.165, 1.54) is 32.8 Å². The van der Waals surface area contributed by atoms with Crippen molar-refractivity contribution in [2.24, 2.45) is 0 Å². The molecule has 0 N–H and O–H groups in total. The van der Waals surface area contributed by atoms with Crippen molar-refractivity contribution in [2.45, 2.75) is 0 Å². The summed E-state index contributed by atoms with van der Waals surface area (Å²) in [5, 5.41) is 6.94. The van der Waals surface area contributed by atoms with Gasteiger partial charge >= 0.3 is 0 Å². The minimum Gasteiger partial charge on any atom is -0.456 e. The maximum absolute atomic E-state index is 6.75. The van der Waals surface area contributed by atoms with Crippen LogP contribution in [0.4, 0.5) is 17.1 Å². The van der Waals surface area contributed by atoms with E-state index in [1.807, 2.05) is 12.1 Å². The third kappa shape index (κ3) is 4.07. The second kappa shape index (κ2) is 10.1. The zero-order valence-corrected chi connectivity index (χ0v) is 25.4. The SMILES string of the molecule is c1ccc(-c2ccc3c4c(cccc24)-c2ccc(N(c4ccc5ccccc5c4)c4ccc5oc6ccccc6c5c4)cc2O3)cc1. The summed E-state index contributed by atoms with van der Waals surface area (Å²) >= 11 is 0. The van der Waals surface area contributed by atoms with Gasteiger partial charge in [-0.05, 0) is 87.4 Å². The number of hydrogen-bond acceptors (Lipinski definition) is 3. The minimum absolute atomic E-state index is 0.843. The molecule has 0 saturated heterocycles. The van der Waals surface area contributed by atoms with Crippen LogP contribution in [-0.4, -0.2) is 0 Å². The van der Waals surface area contributed by atoms with Gasteiger partial charge in [0.15, 0.2) is 0 Å². The van der Waals surface area contributed by atoms with E-state index in [0.29, 0.717) is 0 Å². The Morgan fingerprint density at radius 2 is 1.09 bits per heavy atom. The maximum atomic E-state index is 6.75. The number of fused-ring (bicyclic) bond motifs is 6. The summed E-state index contributed by atoms with van der Waals surface area (Å²) in [5.41, 5.74) is 9.59. The van der Waals surface area contributed by atoms with Gasteiger partial charge in [0.1, 0.15) is 22.7 Å². The Morgan fingerprint density at radius 3 is 2.02 bits per heavy atom. The predicted octanol–water partition coefficient (Wildman–Crippen LogP) is 12.8. The number of benzene rings is 8. The van der Waals surface area contributed by atoms with Crippen LogP contribution < -0.4 is 9.64 Å². The molecule has 1 aromatic heterocycles. The van der Waals surface area contributed by atoms with Gasteiger partial charge in [0, 0.05) is 44.9 Å². The lowest BCUT2D eigenvalue weighted by atomic mass is 9.90. The van der Waals surface area contributed by atoms with E-state index in [4.69, 9.17) is 9.15 Å². The fourth-order valence-corrected chi connectivity index (χ4v) is 7.24. The molecule has 2 heterocycles. The van der Waals surface area contributed by atoms with E-state index in [1.54, 1.807) is 0 Å². The third-order valence-corrected chi connectivity index (χ3v) is 9.43. The summed E-state index contributed by atoms with van der Waals surface area (Å²) in [6.07, 6.45) is 0. The van der Waals surface area contributed by atoms with Crippen molar-refractivity contribution < 1.29 is 9.15 Å².